The van der Waals surface area contributed by atoms with Gasteiger partial charge in [0, 0.05) is 5.02 Å². The lowest BCUT2D eigenvalue weighted by Crippen LogP contribution is -2.15. The van der Waals surface area contributed by atoms with Gasteiger partial charge in [-0.1, -0.05) is 36.9 Å². The zero-order chi connectivity index (χ0) is 11.4. The molecule has 88 valence electrons. The van der Waals surface area contributed by atoms with Crippen molar-refractivity contribution in [3.8, 4) is 5.75 Å². The van der Waals surface area contributed by atoms with Gasteiger partial charge >= 0.3 is 0 Å². The first-order valence-electron chi connectivity index (χ1n) is 6.14. The highest BCUT2D eigenvalue weighted by molar-refractivity contribution is 6.31. The molecule has 1 aromatic rings. The molecule has 1 nitrogen and oxygen atoms in total. The van der Waals surface area contributed by atoms with E-state index in [-0.39, 0.29) is 0 Å². The Hall–Kier alpha value is -0.690. The molecule has 1 aromatic carbocycles. The highest BCUT2D eigenvalue weighted by Crippen LogP contribution is 2.26. The summed E-state index contributed by atoms with van der Waals surface area (Å²) in [5.41, 5.74) is 1.10. The molecule has 0 aromatic heterocycles. The molecule has 0 bridgehead atoms. The maximum atomic E-state index is 6.06. The van der Waals surface area contributed by atoms with E-state index in [9.17, 15) is 0 Å². The number of hydrogen-bond acceptors (Lipinski definition) is 1. The van der Waals surface area contributed by atoms with Crippen LogP contribution in [0.15, 0.2) is 18.2 Å². The highest BCUT2D eigenvalue weighted by atomic mass is 35.5. The Labute approximate surface area is 103 Å². The number of ether oxygens (including phenoxy) is 1. The second-order valence-electron chi connectivity index (χ2n) is 4.73. The van der Waals surface area contributed by atoms with Gasteiger partial charge in [0.05, 0.1) is 6.61 Å². The molecule has 1 fully saturated rings. The second kappa shape index (κ2) is 5.58. The second-order valence-corrected chi connectivity index (χ2v) is 5.13. The lowest BCUT2D eigenvalue weighted by molar-refractivity contribution is 0.209. The van der Waals surface area contributed by atoms with E-state index in [0.29, 0.717) is 0 Å². The molecule has 2 heteroatoms. The van der Waals surface area contributed by atoms with Gasteiger partial charge in [0.25, 0.3) is 0 Å². The number of hydrogen-bond donors (Lipinski definition) is 0. The van der Waals surface area contributed by atoms with Crippen molar-refractivity contribution < 1.29 is 4.74 Å². The lowest BCUT2D eigenvalue weighted by atomic mass is 9.90. The summed E-state index contributed by atoms with van der Waals surface area (Å²) in [5, 5.41) is 0.793. The molecule has 0 spiro atoms. The van der Waals surface area contributed by atoms with E-state index in [1.165, 1.54) is 32.1 Å². The molecule has 16 heavy (non-hydrogen) atoms. The fraction of sp³-hybridized carbons (Fsp3) is 0.571. The van der Waals surface area contributed by atoms with Gasteiger partial charge < -0.3 is 4.74 Å². The van der Waals surface area contributed by atoms with Crippen molar-refractivity contribution in [3.05, 3.63) is 28.8 Å². The fourth-order valence-electron chi connectivity index (χ4n) is 2.23. The normalized spacial score (nSPS) is 17.4. The summed E-state index contributed by atoms with van der Waals surface area (Å²) in [5.74, 6) is 1.65. The van der Waals surface area contributed by atoms with Crippen molar-refractivity contribution in [1.29, 1.82) is 0 Å². The zero-order valence-electron chi connectivity index (χ0n) is 9.84. The Bertz CT molecular complexity index is 343. The third-order valence-corrected chi connectivity index (χ3v) is 3.76. The molecule has 0 heterocycles. The van der Waals surface area contributed by atoms with Crippen molar-refractivity contribution >= 4 is 11.6 Å². The van der Waals surface area contributed by atoms with Gasteiger partial charge in [-0.25, -0.2) is 0 Å². The smallest absolute Gasteiger partial charge is 0.120 e. The van der Waals surface area contributed by atoms with Gasteiger partial charge in [-0.3, -0.25) is 0 Å². The molecule has 0 aliphatic heterocycles. The molecule has 2 rings (SSSR count). The zero-order valence-corrected chi connectivity index (χ0v) is 10.6. The Kier molecular flexibility index (Phi) is 4.11. The van der Waals surface area contributed by atoms with Crippen LogP contribution in [0, 0.1) is 12.8 Å². The van der Waals surface area contributed by atoms with Gasteiger partial charge in [-0.05, 0) is 43.4 Å². The maximum absolute atomic E-state index is 6.06. The minimum absolute atomic E-state index is 0.744. The van der Waals surface area contributed by atoms with E-state index in [4.69, 9.17) is 16.3 Å². The molecular weight excluding hydrogens is 220 g/mol. The van der Waals surface area contributed by atoms with Crippen LogP contribution in [0.5, 0.6) is 5.75 Å². The summed E-state index contributed by atoms with van der Waals surface area (Å²) >= 11 is 6.06. The molecule has 1 aliphatic carbocycles. The Balaban J connectivity index is 1.86. The van der Waals surface area contributed by atoms with E-state index in [1.807, 2.05) is 25.1 Å². The summed E-state index contributed by atoms with van der Waals surface area (Å²) in [6, 6.07) is 5.93. The largest absolute Gasteiger partial charge is 0.493 e. The summed E-state index contributed by atoms with van der Waals surface area (Å²) < 4.78 is 5.80. The molecule has 0 atom stereocenters. The fourth-order valence-corrected chi connectivity index (χ4v) is 2.40. The average molecular weight is 239 g/mol. The van der Waals surface area contributed by atoms with Crippen molar-refractivity contribution in [3.63, 3.8) is 0 Å². The average Bonchev–Trinajstić information content (AvgIpc) is 2.32. The Morgan fingerprint density at radius 1 is 1.25 bits per heavy atom. The van der Waals surface area contributed by atoms with Gasteiger partial charge in [-0.15, -0.1) is 0 Å². The van der Waals surface area contributed by atoms with Crippen LogP contribution < -0.4 is 4.74 Å². The number of rotatable bonds is 3. The molecule has 0 amide bonds. The molecule has 0 radical (unpaired) electrons. The van der Waals surface area contributed by atoms with Gasteiger partial charge in [0.15, 0.2) is 0 Å². The van der Waals surface area contributed by atoms with Crippen LogP contribution in [0.1, 0.15) is 37.7 Å². The first kappa shape index (κ1) is 11.8. The summed E-state index contributed by atoms with van der Waals surface area (Å²) in [7, 11) is 0. The third kappa shape index (κ3) is 3.15. The van der Waals surface area contributed by atoms with Crippen LogP contribution in [-0.4, -0.2) is 6.61 Å². The summed E-state index contributed by atoms with van der Waals surface area (Å²) in [4.78, 5) is 0. The van der Waals surface area contributed by atoms with Crippen LogP contribution in [0.25, 0.3) is 0 Å². The van der Waals surface area contributed by atoms with Crippen LogP contribution in [0.2, 0.25) is 5.02 Å². The predicted molar refractivity (Wildman–Crippen MR) is 68.3 cm³/mol. The molecule has 0 unspecified atom stereocenters. The van der Waals surface area contributed by atoms with Crippen LogP contribution in [0.4, 0.5) is 0 Å². The Morgan fingerprint density at radius 2 is 2.00 bits per heavy atom. The molecule has 0 N–H and O–H groups in total. The molecule has 1 aliphatic rings. The number of halogens is 1. The van der Waals surface area contributed by atoms with Crippen molar-refractivity contribution in [1.82, 2.24) is 0 Å². The van der Waals surface area contributed by atoms with Crippen molar-refractivity contribution in [2.24, 2.45) is 5.92 Å². The minimum Gasteiger partial charge on any atom is -0.493 e. The standard InChI is InChI=1S/C14H19ClO/c1-11-7-8-13(9-14(11)15)16-10-12-5-3-2-4-6-12/h7-9,12H,2-6,10H2,1H3. The SMILES string of the molecule is Cc1ccc(OCC2CCCCC2)cc1Cl. The van der Waals surface area contributed by atoms with E-state index < -0.39 is 0 Å². The maximum Gasteiger partial charge on any atom is 0.120 e. The van der Waals surface area contributed by atoms with Crippen LogP contribution in [-0.2, 0) is 0 Å². The Morgan fingerprint density at radius 3 is 2.69 bits per heavy atom. The number of benzene rings is 1. The minimum atomic E-state index is 0.744. The summed E-state index contributed by atoms with van der Waals surface area (Å²) in [6.45, 7) is 2.85. The van der Waals surface area contributed by atoms with Gasteiger partial charge in [-0.2, -0.15) is 0 Å². The highest BCUT2D eigenvalue weighted by Gasteiger charge is 2.13. The first-order valence-corrected chi connectivity index (χ1v) is 6.52. The first-order chi connectivity index (χ1) is 7.75. The van der Waals surface area contributed by atoms with Crippen molar-refractivity contribution in [2.75, 3.05) is 6.61 Å². The van der Waals surface area contributed by atoms with Crippen molar-refractivity contribution in [2.45, 2.75) is 39.0 Å². The topological polar surface area (TPSA) is 9.23 Å². The number of aryl methyl sites for hydroxylation is 1. The van der Waals surface area contributed by atoms with E-state index in [1.54, 1.807) is 0 Å². The third-order valence-electron chi connectivity index (χ3n) is 3.35. The summed E-state index contributed by atoms with van der Waals surface area (Å²) in [6.07, 6.45) is 6.76. The lowest BCUT2D eigenvalue weighted by Gasteiger charge is -2.21. The molecular formula is C14H19ClO. The van der Waals surface area contributed by atoms with Crippen LogP contribution >= 0.6 is 11.6 Å². The van der Waals surface area contributed by atoms with Gasteiger partial charge in [0.2, 0.25) is 0 Å². The van der Waals surface area contributed by atoms with Gasteiger partial charge in [0.1, 0.15) is 5.75 Å². The van der Waals surface area contributed by atoms with E-state index >= 15 is 0 Å². The van der Waals surface area contributed by atoms with E-state index in [2.05, 4.69) is 0 Å². The van der Waals surface area contributed by atoms with E-state index in [0.717, 1.165) is 28.9 Å². The molecule has 0 saturated heterocycles. The predicted octanol–water partition coefficient (Wildman–Crippen LogP) is 4.61. The molecule has 1 saturated carbocycles. The van der Waals surface area contributed by atoms with Crippen LogP contribution in [0.3, 0.4) is 0 Å². The monoisotopic (exact) mass is 238 g/mol. The quantitative estimate of drug-likeness (QED) is 0.748.